The average molecular weight is 306 g/mol. The van der Waals surface area contributed by atoms with Gasteiger partial charge in [-0.05, 0) is 30.7 Å². The fraction of sp³-hybridized carbons (Fsp3) is 0.0556. The largest absolute Gasteiger partial charge is 0.507 e. The van der Waals surface area contributed by atoms with Crippen molar-refractivity contribution in [1.29, 1.82) is 0 Å². The lowest BCUT2D eigenvalue weighted by atomic mass is 10.1. The van der Waals surface area contributed by atoms with E-state index in [-0.39, 0.29) is 11.3 Å². The van der Waals surface area contributed by atoms with Gasteiger partial charge < -0.3 is 5.11 Å². The lowest BCUT2D eigenvalue weighted by Crippen LogP contribution is -2.29. The molecule has 0 atom stereocenters. The molecule has 0 unspecified atom stereocenters. The van der Waals surface area contributed by atoms with Crippen molar-refractivity contribution in [2.24, 2.45) is 5.10 Å². The molecule has 3 rings (SSSR count). The molecule has 1 aliphatic heterocycles. The van der Waals surface area contributed by atoms with E-state index in [1.807, 2.05) is 30.3 Å². The smallest absolute Gasteiger partial charge is 0.285 e. The number of hydrogen-bond acceptors (Lipinski definition) is 4. The zero-order valence-electron chi connectivity index (χ0n) is 12.4. The maximum absolute atomic E-state index is 12.5. The van der Waals surface area contributed by atoms with Gasteiger partial charge in [0.15, 0.2) is 0 Å². The monoisotopic (exact) mass is 306 g/mol. The van der Waals surface area contributed by atoms with E-state index in [1.165, 1.54) is 12.1 Å². The highest BCUT2D eigenvalue weighted by Crippen LogP contribution is 2.24. The average Bonchev–Trinajstić information content (AvgIpc) is 2.84. The molecule has 1 N–H and O–H groups in total. The minimum atomic E-state index is -0.649. The number of carbonyl (C=O) groups excluding carboxylic acids is 2. The zero-order chi connectivity index (χ0) is 16.4. The van der Waals surface area contributed by atoms with Crippen molar-refractivity contribution < 1.29 is 14.7 Å². The summed E-state index contributed by atoms with van der Waals surface area (Å²) in [5.74, 6) is -1.33. The lowest BCUT2D eigenvalue weighted by molar-refractivity contribution is -0.123. The van der Waals surface area contributed by atoms with Crippen LogP contribution in [0.25, 0.3) is 6.08 Å². The Labute approximate surface area is 133 Å². The first-order chi connectivity index (χ1) is 11.1. The molecule has 0 fully saturated rings. The Bertz CT molecular complexity index is 838. The summed E-state index contributed by atoms with van der Waals surface area (Å²) in [5, 5.41) is 14.6. The van der Waals surface area contributed by atoms with Crippen LogP contribution in [0.3, 0.4) is 0 Å². The molecule has 5 heteroatoms. The number of aromatic hydroxyl groups is 1. The number of hydrazone groups is 1. The van der Waals surface area contributed by atoms with E-state index in [9.17, 15) is 14.7 Å². The third-order valence-electron chi connectivity index (χ3n) is 3.50. The highest BCUT2D eigenvalue weighted by molar-refractivity contribution is 6.30. The van der Waals surface area contributed by atoms with Gasteiger partial charge in [-0.15, -0.1) is 0 Å². The minimum absolute atomic E-state index is 0.0401. The number of carbonyl (C=O) groups is 2. The molecule has 0 saturated heterocycles. The van der Waals surface area contributed by atoms with Crippen LogP contribution >= 0.6 is 0 Å². The SMILES string of the molecule is CC1=NN(C(=O)c2ccccc2O)C(=O)/C1=C/c1ccccc1. The van der Waals surface area contributed by atoms with Gasteiger partial charge in [-0.2, -0.15) is 10.1 Å². The van der Waals surface area contributed by atoms with Crippen molar-refractivity contribution in [3.63, 3.8) is 0 Å². The van der Waals surface area contributed by atoms with Crippen LogP contribution in [0.2, 0.25) is 0 Å². The normalized spacial score (nSPS) is 15.9. The second-order valence-electron chi connectivity index (χ2n) is 5.09. The summed E-state index contributed by atoms with van der Waals surface area (Å²) >= 11 is 0. The molecule has 5 nitrogen and oxygen atoms in total. The second-order valence-corrected chi connectivity index (χ2v) is 5.09. The Balaban J connectivity index is 1.93. The van der Waals surface area contributed by atoms with E-state index in [0.29, 0.717) is 11.3 Å². The Kier molecular flexibility index (Phi) is 3.76. The summed E-state index contributed by atoms with van der Waals surface area (Å²) in [6.07, 6.45) is 1.69. The van der Waals surface area contributed by atoms with Crippen LogP contribution in [0, 0.1) is 0 Å². The van der Waals surface area contributed by atoms with Gasteiger partial charge in [0, 0.05) is 0 Å². The van der Waals surface area contributed by atoms with Gasteiger partial charge in [0.05, 0.1) is 16.8 Å². The summed E-state index contributed by atoms with van der Waals surface area (Å²) in [6, 6.07) is 15.4. The summed E-state index contributed by atoms with van der Waals surface area (Å²) in [6.45, 7) is 1.67. The lowest BCUT2D eigenvalue weighted by Gasteiger charge is -2.10. The van der Waals surface area contributed by atoms with Crippen molar-refractivity contribution in [2.45, 2.75) is 6.92 Å². The standard InChI is InChI=1S/C18H14N2O3/c1-12-15(11-13-7-3-2-4-8-13)18(23)20(19-12)17(22)14-9-5-6-10-16(14)21/h2-11,21H,1H3/b15-11+. The van der Waals surface area contributed by atoms with Crippen LogP contribution in [-0.4, -0.2) is 27.6 Å². The van der Waals surface area contributed by atoms with Gasteiger partial charge in [-0.25, -0.2) is 0 Å². The van der Waals surface area contributed by atoms with Gasteiger partial charge in [0.25, 0.3) is 11.8 Å². The Morgan fingerprint density at radius 3 is 2.43 bits per heavy atom. The number of nitrogens with zero attached hydrogens (tertiary/aromatic N) is 2. The molecule has 0 saturated carbocycles. The van der Waals surface area contributed by atoms with Crippen LogP contribution in [0.15, 0.2) is 65.3 Å². The molecule has 114 valence electrons. The molecule has 2 aromatic rings. The minimum Gasteiger partial charge on any atom is -0.507 e. The molecule has 1 aliphatic rings. The first-order valence-corrected chi connectivity index (χ1v) is 7.07. The van der Waals surface area contributed by atoms with Crippen molar-refractivity contribution in [2.75, 3.05) is 0 Å². The number of hydrogen-bond donors (Lipinski definition) is 1. The maximum Gasteiger partial charge on any atom is 0.285 e. The maximum atomic E-state index is 12.5. The van der Waals surface area contributed by atoms with Crippen LogP contribution in [0.5, 0.6) is 5.75 Å². The van der Waals surface area contributed by atoms with Gasteiger partial charge in [0.1, 0.15) is 5.75 Å². The summed E-state index contributed by atoms with van der Waals surface area (Å²) < 4.78 is 0. The molecule has 0 bridgehead atoms. The van der Waals surface area contributed by atoms with Gasteiger partial charge in [0.2, 0.25) is 0 Å². The number of phenolic OH excluding ortho intramolecular Hbond substituents is 1. The zero-order valence-corrected chi connectivity index (χ0v) is 12.4. The second kappa shape index (κ2) is 5.88. The van der Waals surface area contributed by atoms with E-state index < -0.39 is 11.8 Å². The van der Waals surface area contributed by atoms with Gasteiger partial charge in [-0.3, -0.25) is 9.59 Å². The van der Waals surface area contributed by atoms with Crippen molar-refractivity contribution in [1.82, 2.24) is 5.01 Å². The number of para-hydroxylation sites is 1. The topological polar surface area (TPSA) is 70.0 Å². The quantitative estimate of drug-likeness (QED) is 0.685. The van der Waals surface area contributed by atoms with Crippen LogP contribution in [0.1, 0.15) is 22.8 Å². The molecule has 0 aromatic heterocycles. The van der Waals surface area contributed by atoms with Crippen molar-refractivity contribution in [3.05, 3.63) is 71.3 Å². The van der Waals surface area contributed by atoms with E-state index >= 15 is 0 Å². The first kappa shape index (κ1) is 14.7. The molecular formula is C18H14N2O3. The van der Waals surface area contributed by atoms with Crippen molar-refractivity contribution >= 4 is 23.6 Å². The highest BCUT2D eigenvalue weighted by Gasteiger charge is 2.33. The first-order valence-electron chi connectivity index (χ1n) is 7.07. The third-order valence-corrected chi connectivity index (χ3v) is 3.50. The fourth-order valence-electron chi connectivity index (χ4n) is 2.31. The molecule has 1 heterocycles. The Morgan fingerprint density at radius 2 is 1.74 bits per heavy atom. The van der Waals surface area contributed by atoms with Crippen molar-refractivity contribution in [3.8, 4) is 5.75 Å². The van der Waals surface area contributed by atoms with Crippen LogP contribution < -0.4 is 0 Å². The Morgan fingerprint density at radius 1 is 1.09 bits per heavy atom. The predicted octanol–water partition coefficient (Wildman–Crippen LogP) is 2.83. The molecule has 0 radical (unpaired) electrons. The number of rotatable bonds is 2. The highest BCUT2D eigenvalue weighted by atomic mass is 16.3. The van der Waals surface area contributed by atoms with E-state index in [2.05, 4.69) is 5.10 Å². The number of imide groups is 1. The number of amides is 2. The Hall–Kier alpha value is -3.21. The van der Waals surface area contributed by atoms with Crippen LogP contribution in [0.4, 0.5) is 0 Å². The van der Waals surface area contributed by atoms with Crippen LogP contribution in [-0.2, 0) is 4.79 Å². The molecule has 0 aliphatic carbocycles. The van der Waals surface area contributed by atoms with E-state index in [4.69, 9.17) is 0 Å². The molecule has 23 heavy (non-hydrogen) atoms. The predicted molar refractivity (Wildman–Crippen MR) is 86.8 cm³/mol. The van der Waals surface area contributed by atoms with E-state index in [0.717, 1.165) is 10.6 Å². The third kappa shape index (κ3) is 2.76. The van der Waals surface area contributed by atoms with E-state index in [1.54, 1.807) is 25.1 Å². The number of phenols is 1. The molecule has 2 aromatic carbocycles. The summed E-state index contributed by atoms with van der Waals surface area (Å²) in [7, 11) is 0. The number of benzene rings is 2. The molecule has 2 amide bonds. The van der Waals surface area contributed by atoms with Gasteiger partial charge in [-0.1, -0.05) is 42.5 Å². The fourth-order valence-corrected chi connectivity index (χ4v) is 2.31. The molecule has 0 spiro atoms. The van der Waals surface area contributed by atoms with Gasteiger partial charge >= 0.3 is 0 Å². The summed E-state index contributed by atoms with van der Waals surface area (Å²) in [4.78, 5) is 24.9. The summed E-state index contributed by atoms with van der Waals surface area (Å²) in [5.41, 5.74) is 1.71. The molecular weight excluding hydrogens is 292 g/mol.